The molecular weight excluding hydrogens is 417 g/mol. The van der Waals surface area contributed by atoms with Crippen LogP contribution in [0.15, 0.2) is 52.2 Å². The lowest BCUT2D eigenvalue weighted by molar-refractivity contribution is -0.384. The van der Waals surface area contributed by atoms with Crippen LogP contribution >= 0.6 is 15.9 Å². The molecule has 2 aromatic carbocycles. The van der Waals surface area contributed by atoms with Crippen LogP contribution in [0.2, 0.25) is 0 Å². The van der Waals surface area contributed by atoms with Gasteiger partial charge in [-0.2, -0.15) is 0 Å². The number of rotatable bonds is 3. The minimum absolute atomic E-state index is 0.0145. The van der Waals surface area contributed by atoms with Gasteiger partial charge in [0, 0.05) is 23.3 Å². The first-order valence-corrected chi connectivity index (χ1v) is 9.02. The van der Waals surface area contributed by atoms with Gasteiger partial charge in [0.15, 0.2) is 5.82 Å². The molecule has 0 saturated heterocycles. The molecular formula is C18H13BrFN5O2. The molecule has 1 unspecified atom stereocenters. The number of non-ortho nitro benzene ring substituents is 1. The van der Waals surface area contributed by atoms with Gasteiger partial charge in [0.25, 0.3) is 5.69 Å². The molecule has 1 aliphatic heterocycles. The maximum Gasteiger partial charge on any atom is 0.269 e. The normalized spacial score (nSPS) is 15.5. The van der Waals surface area contributed by atoms with Crippen molar-refractivity contribution in [3.63, 3.8) is 0 Å². The molecule has 0 saturated carbocycles. The van der Waals surface area contributed by atoms with Crippen molar-refractivity contribution in [3.05, 3.63) is 80.1 Å². The van der Waals surface area contributed by atoms with Gasteiger partial charge in [0.1, 0.15) is 11.9 Å². The molecule has 1 aliphatic rings. The first-order valence-electron chi connectivity index (χ1n) is 8.23. The average molecular weight is 430 g/mol. The summed E-state index contributed by atoms with van der Waals surface area (Å²) in [5, 5.41) is 19.2. The van der Waals surface area contributed by atoms with E-state index in [0.717, 1.165) is 0 Å². The third-order valence-corrected chi connectivity index (χ3v) is 4.94. The summed E-state index contributed by atoms with van der Waals surface area (Å²) < 4.78 is 16.4. The monoisotopic (exact) mass is 429 g/mol. The summed E-state index contributed by atoms with van der Waals surface area (Å²) in [6.45, 7) is 1.98. The summed E-state index contributed by atoms with van der Waals surface area (Å²) in [6.07, 6.45) is 0.665. The van der Waals surface area contributed by atoms with Crippen molar-refractivity contribution in [2.24, 2.45) is 4.99 Å². The van der Waals surface area contributed by atoms with Crippen molar-refractivity contribution >= 4 is 27.3 Å². The fourth-order valence-electron chi connectivity index (χ4n) is 3.14. The summed E-state index contributed by atoms with van der Waals surface area (Å²) in [5.41, 5.74) is 2.47. The average Bonchev–Trinajstić information content (AvgIpc) is 2.97. The summed E-state index contributed by atoms with van der Waals surface area (Å²) >= 11 is 3.40. The summed E-state index contributed by atoms with van der Waals surface area (Å²) in [6, 6.07) is 10.2. The molecule has 0 radical (unpaired) electrons. The number of aliphatic imine (C=N–C) groups is 1. The Labute approximate surface area is 161 Å². The van der Waals surface area contributed by atoms with Crippen molar-refractivity contribution in [1.29, 1.82) is 0 Å². The van der Waals surface area contributed by atoms with Crippen LogP contribution in [-0.4, -0.2) is 25.4 Å². The second-order valence-corrected chi connectivity index (χ2v) is 6.74. The highest BCUT2D eigenvalue weighted by atomic mass is 79.9. The van der Waals surface area contributed by atoms with Crippen molar-refractivity contribution in [1.82, 2.24) is 14.8 Å². The van der Waals surface area contributed by atoms with Crippen LogP contribution in [0.25, 0.3) is 5.69 Å². The minimum Gasteiger partial charge on any atom is -0.273 e. The highest BCUT2D eigenvalue weighted by Gasteiger charge is 2.28. The number of aromatic nitrogens is 3. The van der Waals surface area contributed by atoms with Gasteiger partial charge < -0.3 is 0 Å². The zero-order chi connectivity index (χ0) is 19.1. The van der Waals surface area contributed by atoms with Gasteiger partial charge in [-0.25, -0.2) is 4.39 Å². The van der Waals surface area contributed by atoms with Crippen LogP contribution in [0, 0.1) is 15.9 Å². The molecule has 1 atom stereocenters. The predicted molar refractivity (Wildman–Crippen MR) is 101 cm³/mol. The van der Waals surface area contributed by atoms with Gasteiger partial charge in [-0.1, -0.05) is 6.92 Å². The molecule has 1 aromatic heterocycles. The van der Waals surface area contributed by atoms with Crippen molar-refractivity contribution in [2.75, 3.05) is 0 Å². The van der Waals surface area contributed by atoms with Gasteiger partial charge in [-0.3, -0.25) is 19.7 Å². The van der Waals surface area contributed by atoms with Gasteiger partial charge in [-0.15, -0.1) is 10.2 Å². The molecule has 0 bridgehead atoms. The maximum absolute atomic E-state index is 14.1. The Morgan fingerprint density at radius 1 is 1.22 bits per heavy atom. The molecule has 3 aromatic rings. The number of nitrogens with zero attached hydrogens (tertiary/aromatic N) is 5. The largest absolute Gasteiger partial charge is 0.273 e. The summed E-state index contributed by atoms with van der Waals surface area (Å²) in [7, 11) is 0. The Hall–Kier alpha value is -2.94. The Kier molecular flexibility index (Phi) is 4.31. The Morgan fingerprint density at radius 2 is 1.96 bits per heavy atom. The number of halogens is 2. The van der Waals surface area contributed by atoms with Gasteiger partial charge >= 0.3 is 0 Å². The van der Waals surface area contributed by atoms with E-state index in [0.29, 0.717) is 39.5 Å². The Balaban J connectivity index is 1.97. The molecule has 2 heterocycles. The fourth-order valence-corrected chi connectivity index (χ4v) is 3.59. The smallest absolute Gasteiger partial charge is 0.269 e. The van der Waals surface area contributed by atoms with Crippen LogP contribution in [0.3, 0.4) is 0 Å². The fraction of sp³-hybridized carbons (Fsp3) is 0.167. The first-order chi connectivity index (χ1) is 13.0. The van der Waals surface area contributed by atoms with E-state index in [1.54, 1.807) is 18.2 Å². The number of fused-ring (bicyclic) bond motifs is 3. The standard InChI is InChI=1S/C18H13BrFN5O2/c1-2-14-17-22-23-18(19)24(17)15-8-5-11(20)9-13(15)16(21-14)10-3-6-12(7-4-10)25(26)27/h3-9,14H,2H2,1H3. The molecule has 27 heavy (non-hydrogen) atoms. The van der Waals surface area contributed by atoms with E-state index in [2.05, 4.69) is 26.1 Å². The first kappa shape index (κ1) is 17.5. The lowest BCUT2D eigenvalue weighted by Gasteiger charge is -2.12. The number of hydrogen-bond donors (Lipinski definition) is 0. The topological polar surface area (TPSA) is 86.2 Å². The SMILES string of the molecule is CCC1N=C(c2ccc([N+](=O)[O-])cc2)c2cc(F)ccc2-n2c(Br)nnc21. The van der Waals surface area contributed by atoms with Gasteiger partial charge in [0.2, 0.25) is 4.73 Å². The second-order valence-electron chi connectivity index (χ2n) is 6.03. The van der Waals surface area contributed by atoms with E-state index in [1.807, 2.05) is 11.5 Å². The van der Waals surface area contributed by atoms with E-state index in [9.17, 15) is 14.5 Å². The van der Waals surface area contributed by atoms with Crippen LogP contribution in [0.4, 0.5) is 10.1 Å². The molecule has 0 amide bonds. The van der Waals surface area contributed by atoms with Crippen LogP contribution in [0.5, 0.6) is 0 Å². The number of nitro benzene ring substituents is 1. The second kappa shape index (κ2) is 6.66. The third kappa shape index (κ3) is 2.93. The van der Waals surface area contributed by atoms with Crippen molar-refractivity contribution in [2.45, 2.75) is 19.4 Å². The predicted octanol–water partition coefficient (Wildman–Crippen LogP) is 4.38. The van der Waals surface area contributed by atoms with Crippen LogP contribution in [0.1, 0.15) is 36.3 Å². The molecule has 4 rings (SSSR count). The molecule has 0 N–H and O–H groups in total. The molecule has 0 aliphatic carbocycles. The van der Waals surface area contributed by atoms with E-state index in [1.165, 1.54) is 24.3 Å². The van der Waals surface area contributed by atoms with E-state index >= 15 is 0 Å². The number of hydrogen-bond acceptors (Lipinski definition) is 5. The lowest BCUT2D eigenvalue weighted by atomic mass is 10.00. The highest BCUT2D eigenvalue weighted by Crippen LogP contribution is 2.34. The maximum atomic E-state index is 14.1. The molecule has 9 heteroatoms. The number of nitro groups is 1. The molecule has 0 fully saturated rings. The van der Waals surface area contributed by atoms with Crippen molar-refractivity contribution < 1.29 is 9.31 Å². The van der Waals surface area contributed by atoms with E-state index in [-0.39, 0.29) is 11.7 Å². The van der Waals surface area contributed by atoms with Crippen molar-refractivity contribution in [3.8, 4) is 5.69 Å². The Morgan fingerprint density at radius 3 is 2.63 bits per heavy atom. The zero-order valence-electron chi connectivity index (χ0n) is 14.1. The molecule has 0 spiro atoms. The third-order valence-electron chi connectivity index (χ3n) is 4.42. The molecule has 7 nitrogen and oxygen atoms in total. The summed E-state index contributed by atoms with van der Waals surface area (Å²) in [5.74, 6) is 0.248. The minimum atomic E-state index is -0.459. The summed E-state index contributed by atoms with van der Waals surface area (Å²) in [4.78, 5) is 15.3. The Bertz CT molecular complexity index is 1080. The van der Waals surface area contributed by atoms with Crippen LogP contribution < -0.4 is 0 Å². The van der Waals surface area contributed by atoms with Gasteiger partial charge in [0.05, 0.1) is 16.3 Å². The highest BCUT2D eigenvalue weighted by molar-refractivity contribution is 9.10. The van der Waals surface area contributed by atoms with Gasteiger partial charge in [-0.05, 0) is 52.7 Å². The number of benzene rings is 2. The van der Waals surface area contributed by atoms with Crippen LogP contribution in [-0.2, 0) is 0 Å². The van der Waals surface area contributed by atoms with E-state index < -0.39 is 10.7 Å². The lowest BCUT2D eigenvalue weighted by Crippen LogP contribution is -2.08. The molecule has 136 valence electrons. The zero-order valence-corrected chi connectivity index (χ0v) is 15.7. The van der Waals surface area contributed by atoms with E-state index in [4.69, 9.17) is 4.99 Å². The quantitative estimate of drug-likeness (QED) is 0.456.